The molecule has 2 aromatic carbocycles. The van der Waals surface area contributed by atoms with Gasteiger partial charge in [0.1, 0.15) is 11.4 Å². The van der Waals surface area contributed by atoms with E-state index in [0.29, 0.717) is 33.9 Å². The molecule has 1 aliphatic heterocycles. The van der Waals surface area contributed by atoms with Crippen LogP contribution in [0.1, 0.15) is 40.6 Å². The smallest absolute Gasteiger partial charge is 0.212 e. The van der Waals surface area contributed by atoms with Crippen LogP contribution in [0, 0.1) is 12.7 Å². The average molecular weight is 415 g/mol. The minimum absolute atomic E-state index is 0.129. The Balaban J connectivity index is 1.45. The van der Waals surface area contributed by atoms with Gasteiger partial charge in [-0.25, -0.2) is 4.39 Å². The number of aryl methyl sites for hydroxylation is 1. The van der Waals surface area contributed by atoms with Crippen molar-refractivity contribution in [3.8, 4) is 0 Å². The number of likely N-dealkylation sites (tertiary alicyclic amines) is 1. The van der Waals surface area contributed by atoms with E-state index in [4.69, 9.17) is 16.0 Å². The lowest BCUT2D eigenvalue weighted by Gasteiger charge is -2.28. The highest BCUT2D eigenvalue weighted by atomic mass is 35.5. The van der Waals surface area contributed by atoms with Gasteiger partial charge in [-0.1, -0.05) is 23.7 Å². The summed E-state index contributed by atoms with van der Waals surface area (Å²) < 4.78 is 19.2. The van der Waals surface area contributed by atoms with Crippen molar-refractivity contribution in [3.63, 3.8) is 0 Å². The number of rotatable bonds is 7. The molecule has 1 aliphatic rings. The number of nitrogens with one attached hydrogen (secondary N) is 1. The molecule has 3 aromatic rings. The maximum absolute atomic E-state index is 13.5. The van der Waals surface area contributed by atoms with E-state index in [-0.39, 0.29) is 24.2 Å². The molecule has 152 valence electrons. The number of nitrogens with zero attached hydrogens (tertiary/aromatic N) is 1. The molecule has 0 amide bonds. The molecule has 0 radical (unpaired) electrons. The first-order valence-electron chi connectivity index (χ1n) is 9.95. The zero-order chi connectivity index (χ0) is 20.4. The molecule has 1 unspecified atom stereocenters. The van der Waals surface area contributed by atoms with E-state index in [9.17, 15) is 9.18 Å². The zero-order valence-electron chi connectivity index (χ0n) is 16.4. The van der Waals surface area contributed by atoms with E-state index >= 15 is 0 Å². The molecule has 1 saturated heterocycles. The first-order valence-corrected chi connectivity index (χ1v) is 10.3. The van der Waals surface area contributed by atoms with Crippen LogP contribution >= 0.6 is 11.6 Å². The highest BCUT2D eigenvalue weighted by Gasteiger charge is 2.24. The normalized spacial score (nSPS) is 15.8. The summed E-state index contributed by atoms with van der Waals surface area (Å²) in [5.74, 6) is -0.173. The summed E-state index contributed by atoms with van der Waals surface area (Å²) >= 11 is 6.04. The van der Waals surface area contributed by atoms with Gasteiger partial charge in [-0.2, -0.15) is 0 Å². The average Bonchev–Trinajstić information content (AvgIpc) is 3.35. The Hall–Kier alpha value is -2.21. The van der Waals surface area contributed by atoms with Gasteiger partial charge < -0.3 is 9.73 Å². The topological polar surface area (TPSA) is 45.5 Å². The Morgan fingerprint density at radius 1 is 1.21 bits per heavy atom. The highest BCUT2D eigenvalue weighted by molar-refractivity contribution is 6.30. The van der Waals surface area contributed by atoms with Crippen LogP contribution in [0.3, 0.4) is 0 Å². The van der Waals surface area contributed by atoms with Crippen molar-refractivity contribution in [2.75, 3.05) is 26.2 Å². The summed E-state index contributed by atoms with van der Waals surface area (Å²) in [4.78, 5) is 15.2. The Morgan fingerprint density at radius 2 is 1.93 bits per heavy atom. The van der Waals surface area contributed by atoms with Crippen LogP contribution in [0.15, 0.2) is 46.9 Å². The third-order valence-electron chi connectivity index (χ3n) is 5.61. The first-order chi connectivity index (χ1) is 14.0. The van der Waals surface area contributed by atoms with Crippen LogP contribution in [-0.4, -0.2) is 36.9 Å². The molecule has 4 rings (SSSR count). The molecule has 0 saturated carbocycles. The van der Waals surface area contributed by atoms with Crippen molar-refractivity contribution in [2.24, 2.45) is 0 Å². The second kappa shape index (κ2) is 8.66. The lowest BCUT2D eigenvalue weighted by atomic mass is 10.1. The molecule has 4 nitrogen and oxygen atoms in total. The van der Waals surface area contributed by atoms with Crippen LogP contribution in [0.25, 0.3) is 11.0 Å². The fourth-order valence-corrected chi connectivity index (χ4v) is 4.18. The molecule has 0 spiro atoms. The number of carbonyl (C=O) groups excluding carboxylic acids is 1. The van der Waals surface area contributed by atoms with Gasteiger partial charge >= 0.3 is 0 Å². The summed E-state index contributed by atoms with van der Waals surface area (Å²) in [6.07, 6.45) is 2.38. The molecule has 1 fully saturated rings. The monoisotopic (exact) mass is 414 g/mol. The van der Waals surface area contributed by atoms with E-state index in [1.807, 2.05) is 24.3 Å². The van der Waals surface area contributed by atoms with Gasteiger partial charge in [0.15, 0.2) is 5.76 Å². The lowest BCUT2D eigenvalue weighted by Crippen LogP contribution is -2.36. The minimum atomic E-state index is -0.338. The van der Waals surface area contributed by atoms with Crippen molar-refractivity contribution in [1.82, 2.24) is 10.2 Å². The molecular formula is C23H24ClFN2O2. The van der Waals surface area contributed by atoms with Gasteiger partial charge in [-0.15, -0.1) is 0 Å². The van der Waals surface area contributed by atoms with E-state index in [0.717, 1.165) is 13.1 Å². The number of ketones is 1. The number of hydrogen-bond acceptors (Lipinski definition) is 4. The number of fused-ring (bicyclic) bond motifs is 1. The van der Waals surface area contributed by atoms with Crippen LogP contribution in [0.2, 0.25) is 5.02 Å². The van der Waals surface area contributed by atoms with Crippen LogP contribution < -0.4 is 5.32 Å². The van der Waals surface area contributed by atoms with Gasteiger partial charge in [0, 0.05) is 28.6 Å². The van der Waals surface area contributed by atoms with Gasteiger partial charge in [-0.3, -0.25) is 9.69 Å². The van der Waals surface area contributed by atoms with Crippen molar-refractivity contribution >= 4 is 28.4 Å². The summed E-state index contributed by atoms with van der Waals surface area (Å²) in [6, 6.07) is 12.4. The third-order valence-corrected chi connectivity index (χ3v) is 5.86. The van der Waals surface area contributed by atoms with Gasteiger partial charge in [0.2, 0.25) is 5.78 Å². The molecule has 0 aliphatic carbocycles. The number of furan rings is 1. The predicted molar refractivity (Wildman–Crippen MR) is 113 cm³/mol. The predicted octanol–water partition coefficient (Wildman–Crippen LogP) is 5.14. The first kappa shape index (κ1) is 20.1. The minimum Gasteiger partial charge on any atom is -0.453 e. The summed E-state index contributed by atoms with van der Waals surface area (Å²) in [6.45, 7) is 4.72. The highest BCUT2D eigenvalue weighted by Crippen LogP contribution is 2.27. The second-order valence-corrected chi connectivity index (χ2v) is 8.00. The van der Waals surface area contributed by atoms with Crippen LogP contribution in [-0.2, 0) is 0 Å². The maximum atomic E-state index is 13.5. The summed E-state index contributed by atoms with van der Waals surface area (Å²) in [5.41, 5.74) is 2.40. The van der Waals surface area contributed by atoms with Crippen molar-refractivity contribution in [1.29, 1.82) is 0 Å². The molecule has 1 N–H and O–H groups in total. The SMILES string of the molecule is Cc1c(C(=O)CNCC(c2ccc(Cl)cc2)N2CCCC2)oc2ccc(F)cc12. The quantitative estimate of drug-likeness (QED) is 0.543. The van der Waals surface area contributed by atoms with E-state index < -0.39 is 0 Å². The molecule has 1 aromatic heterocycles. The zero-order valence-corrected chi connectivity index (χ0v) is 17.1. The largest absolute Gasteiger partial charge is 0.453 e. The van der Waals surface area contributed by atoms with Crippen molar-refractivity contribution < 1.29 is 13.6 Å². The Morgan fingerprint density at radius 3 is 2.66 bits per heavy atom. The molecule has 29 heavy (non-hydrogen) atoms. The number of carbonyl (C=O) groups is 1. The summed E-state index contributed by atoms with van der Waals surface area (Å²) in [5, 5.41) is 4.66. The standard InChI is InChI=1S/C23H24ClFN2O2/c1-15-19-12-18(25)8-9-22(19)29-23(15)21(28)14-26-13-20(27-10-2-3-11-27)16-4-6-17(24)7-5-16/h4-9,12,20,26H,2-3,10-11,13-14H2,1H3. The lowest BCUT2D eigenvalue weighted by molar-refractivity contribution is 0.0962. The third kappa shape index (κ3) is 4.37. The van der Waals surface area contributed by atoms with Gasteiger partial charge in [0.05, 0.1) is 6.54 Å². The molecule has 0 bridgehead atoms. The molecular weight excluding hydrogens is 391 g/mol. The second-order valence-electron chi connectivity index (χ2n) is 7.56. The number of halogens is 2. The van der Waals surface area contributed by atoms with E-state index in [2.05, 4.69) is 10.2 Å². The number of Topliss-reactive ketones (excluding diaryl/α,β-unsaturated/α-hetero) is 1. The Bertz CT molecular complexity index is 1010. The van der Waals surface area contributed by atoms with Crippen LogP contribution in [0.5, 0.6) is 0 Å². The number of benzene rings is 2. The molecule has 2 heterocycles. The van der Waals surface area contributed by atoms with Gasteiger partial charge in [0.25, 0.3) is 0 Å². The van der Waals surface area contributed by atoms with Gasteiger partial charge in [-0.05, 0) is 68.8 Å². The molecule has 1 atom stereocenters. The summed E-state index contributed by atoms with van der Waals surface area (Å²) in [7, 11) is 0. The maximum Gasteiger partial charge on any atom is 0.212 e. The number of hydrogen-bond donors (Lipinski definition) is 1. The van der Waals surface area contributed by atoms with E-state index in [1.165, 1.54) is 30.5 Å². The fraction of sp³-hybridized carbons (Fsp3) is 0.348. The Kier molecular flexibility index (Phi) is 5.99. The fourth-order valence-electron chi connectivity index (χ4n) is 4.06. The van der Waals surface area contributed by atoms with Crippen molar-refractivity contribution in [2.45, 2.75) is 25.8 Å². The Labute approximate surface area is 174 Å². The van der Waals surface area contributed by atoms with E-state index in [1.54, 1.807) is 13.0 Å². The van der Waals surface area contributed by atoms with Crippen molar-refractivity contribution in [3.05, 3.63) is 70.2 Å². The molecule has 6 heteroatoms. The van der Waals surface area contributed by atoms with Crippen LogP contribution in [0.4, 0.5) is 4.39 Å².